The Kier molecular flexibility index (Phi) is 5.32. The monoisotopic (exact) mass is 410 g/mol. The van der Waals surface area contributed by atoms with Crippen LogP contribution in [0.5, 0.6) is 0 Å². The predicted molar refractivity (Wildman–Crippen MR) is 119 cm³/mol. The molecule has 1 heteroatoms. The summed E-state index contributed by atoms with van der Waals surface area (Å²) in [7, 11) is 0. The zero-order valence-electron chi connectivity index (χ0n) is 14.8. The maximum atomic E-state index is 3.64. The average Bonchev–Trinajstić information content (AvgIpc) is 2.74. The number of hydrogen-bond donors (Lipinski definition) is 0. The molecule has 0 heterocycles. The van der Waals surface area contributed by atoms with E-state index < -0.39 is 0 Å². The minimum absolute atomic E-state index is 1.08. The van der Waals surface area contributed by atoms with E-state index in [1.54, 1.807) is 0 Å². The number of rotatable bonds is 4. The molecule has 0 fully saturated rings. The van der Waals surface area contributed by atoms with Crippen molar-refractivity contribution >= 4 is 27.6 Å². The van der Waals surface area contributed by atoms with Crippen molar-refractivity contribution in [3.63, 3.8) is 0 Å². The van der Waals surface area contributed by atoms with E-state index in [-0.39, 0.29) is 0 Å². The largest absolute Gasteiger partial charge is 0.0622 e. The summed E-state index contributed by atoms with van der Waals surface area (Å²) < 4.78 is 1.08. The van der Waals surface area contributed by atoms with E-state index in [2.05, 4.69) is 131 Å². The van der Waals surface area contributed by atoms with Crippen LogP contribution >= 0.6 is 15.9 Å². The van der Waals surface area contributed by atoms with E-state index in [1.807, 2.05) is 0 Å². The number of benzene rings is 4. The highest BCUT2D eigenvalue weighted by atomic mass is 79.9. The van der Waals surface area contributed by atoms with Crippen molar-refractivity contribution in [2.24, 2.45) is 0 Å². The summed E-state index contributed by atoms with van der Waals surface area (Å²) in [4.78, 5) is 0. The first-order valence-electron chi connectivity index (χ1n) is 8.99. The minimum Gasteiger partial charge on any atom is -0.0622 e. The Hall–Kier alpha value is -2.90. The van der Waals surface area contributed by atoms with Crippen molar-refractivity contribution < 1.29 is 0 Å². The molecule has 0 radical (unpaired) electrons. The molecule has 0 aliphatic rings. The van der Waals surface area contributed by atoms with Gasteiger partial charge in [0.05, 0.1) is 0 Å². The van der Waals surface area contributed by atoms with Crippen LogP contribution in [0.4, 0.5) is 0 Å². The Labute approximate surface area is 169 Å². The van der Waals surface area contributed by atoms with E-state index in [0.717, 1.165) is 4.47 Å². The Balaban J connectivity index is 1.93. The summed E-state index contributed by atoms with van der Waals surface area (Å²) in [6.07, 6.45) is 2.29. The summed E-state index contributed by atoms with van der Waals surface area (Å²) >= 11 is 3.64. The van der Waals surface area contributed by atoms with Crippen LogP contribution in [-0.2, 0) is 0 Å². The van der Waals surface area contributed by atoms with Crippen LogP contribution in [0.1, 0.15) is 16.7 Å². The fraction of sp³-hybridized carbons (Fsp3) is 0. The predicted octanol–water partition coefficient (Wildman–Crippen LogP) is 7.71. The van der Waals surface area contributed by atoms with E-state index in [9.17, 15) is 0 Å². The molecule has 4 aromatic carbocycles. The molecular formula is C26H19Br. The average molecular weight is 411 g/mol. The highest BCUT2D eigenvalue weighted by Crippen LogP contribution is 2.32. The van der Waals surface area contributed by atoms with E-state index >= 15 is 0 Å². The Morgan fingerprint density at radius 3 is 1.67 bits per heavy atom. The van der Waals surface area contributed by atoms with Gasteiger partial charge in [0.2, 0.25) is 0 Å². The number of halogens is 1. The summed E-state index contributed by atoms with van der Waals surface area (Å²) in [6, 6.07) is 38.1. The van der Waals surface area contributed by atoms with Crippen molar-refractivity contribution in [2.45, 2.75) is 0 Å². The lowest BCUT2D eigenvalue weighted by Gasteiger charge is -2.12. The maximum Gasteiger partial charge on any atom is 0.0181 e. The lowest BCUT2D eigenvalue weighted by Crippen LogP contribution is -1.90. The van der Waals surface area contributed by atoms with Crippen molar-refractivity contribution in [2.75, 3.05) is 0 Å². The van der Waals surface area contributed by atoms with Gasteiger partial charge in [-0.05, 0) is 51.6 Å². The van der Waals surface area contributed by atoms with Gasteiger partial charge in [-0.3, -0.25) is 0 Å². The minimum atomic E-state index is 1.08. The standard InChI is InChI=1S/C26H19Br/c27-24-16-17-25(20-10-4-1-5-11-20)23(18-24)19-26(21-12-6-2-7-13-21)22-14-8-3-9-15-22/h1-19H. The van der Waals surface area contributed by atoms with Crippen LogP contribution in [0.25, 0.3) is 22.8 Å². The molecule has 4 rings (SSSR count). The Morgan fingerprint density at radius 1 is 0.593 bits per heavy atom. The van der Waals surface area contributed by atoms with Gasteiger partial charge in [-0.25, -0.2) is 0 Å². The molecule has 0 N–H and O–H groups in total. The van der Waals surface area contributed by atoms with Gasteiger partial charge >= 0.3 is 0 Å². The molecule has 0 aliphatic heterocycles. The van der Waals surface area contributed by atoms with Crippen LogP contribution in [0.3, 0.4) is 0 Å². The van der Waals surface area contributed by atoms with Gasteiger partial charge in [0.1, 0.15) is 0 Å². The molecule has 0 amide bonds. The molecule has 0 aromatic heterocycles. The van der Waals surface area contributed by atoms with Gasteiger partial charge in [0.25, 0.3) is 0 Å². The zero-order chi connectivity index (χ0) is 18.5. The second kappa shape index (κ2) is 8.20. The fourth-order valence-electron chi connectivity index (χ4n) is 3.26. The first kappa shape index (κ1) is 17.5. The molecule has 27 heavy (non-hydrogen) atoms. The van der Waals surface area contributed by atoms with Gasteiger partial charge < -0.3 is 0 Å². The molecule has 0 unspecified atom stereocenters. The van der Waals surface area contributed by atoms with E-state index in [4.69, 9.17) is 0 Å². The lowest BCUT2D eigenvalue weighted by atomic mass is 9.92. The molecule has 0 nitrogen and oxygen atoms in total. The number of hydrogen-bond acceptors (Lipinski definition) is 0. The lowest BCUT2D eigenvalue weighted by molar-refractivity contribution is 1.53. The van der Waals surface area contributed by atoms with Crippen LogP contribution in [0.15, 0.2) is 114 Å². The van der Waals surface area contributed by atoms with Gasteiger partial charge in [-0.15, -0.1) is 0 Å². The Morgan fingerprint density at radius 2 is 1.11 bits per heavy atom. The van der Waals surface area contributed by atoms with Crippen molar-refractivity contribution in [3.05, 3.63) is 130 Å². The molecule has 0 saturated heterocycles. The van der Waals surface area contributed by atoms with Crippen LogP contribution in [-0.4, -0.2) is 0 Å². The van der Waals surface area contributed by atoms with Crippen LogP contribution in [0.2, 0.25) is 0 Å². The highest BCUT2D eigenvalue weighted by Gasteiger charge is 2.09. The third-order valence-corrected chi connectivity index (χ3v) is 5.06. The van der Waals surface area contributed by atoms with Crippen molar-refractivity contribution in [1.29, 1.82) is 0 Å². The second-order valence-electron chi connectivity index (χ2n) is 6.39. The van der Waals surface area contributed by atoms with Crippen LogP contribution in [0, 0.1) is 0 Å². The quantitative estimate of drug-likeness (QED) is 0.302. The summed E-state index contributed by atoms with van der Waals surface area (Å²) in [5.41, 5.74) is 7.27. The normalized spacial score (nSPS) is 10.4. The molecule has 0 bridgehead atoms. The molecule has 0 saturated carbocycles. The molecular weight excluding hydrogens is 392 g/mol. The van der Waals surface area contributed by atoms with Gasteiger partial charge in [-0.2, -0.15) is 0 Å². The third kappa shape index (κ3) is 4.10. The smallest absolute Gasteiger partial charge is 0.0181 e. The fourth-order valence-corrected chi connectivity index (χ4v) is 3.64. The molecule has 0 atom stereocenters. The van der Waals surface area contributed by atoms with Gasteiger partial charge in [0.15, 0.2) is 0 Å². The summed E-state index contributed by atoms with van der Waals surface area (Å²) in [6.45, 7) is 0. The third-order valence-electron chi connectivity index (χ3n) is 4.57. The van der Waals surface area contributed by atoms with E-state index in [0.29, 0.717) is 0 Å². The van der Waals surface area contributed by atoms with Crippen molar-refractivity contribution in [1.82, 2.24) is 0 Å². The molecule has 0 aliphatic carbocycles. The Bertz CT molecular complexity index is 1010. The van der Waals surface area contributed by atoms with E-state index in [1.165, 1.54) is 33.4 Å². The molecule has 0 spiro atoms. The van der Waals surface area contributed by atoms with Crippen molar-refractivity contribution in [3.8, 4) is 11.1 Å². The van der Waals surface area contributed by atoms with Gasteiger partial charge in [0, 0.05) is 4.47 Å². The first-order valence-corrected chi connectivity index (χ1v) is 9.78. The summed E-state index contributed by atoms with van der Waals surface area (Å²) in [5, 5.41) is 0. The summed E-state index contributed by atoms with van der Waals surface area (Å²) in [5.74, 6) is 0. The molecule has 4 aromatic rings. The maximum absolute atomic E-state index is 3.64. The molecule has 130 valence electrons. The second-order valence-corrected chi connectivity index (χ2v) is 7.30. The van der Waals surface area contributed by atoms with Gasteiger partial charge in [-0.1, -0.05) is 113 Å². The first-order chi connectivity index (χ1) is 13.3. The topological polar surface area (TPSA) is 0 Å². The van der Waals surface area contributed by atoms with Crippen LogP contribution < -0.4 is 0 Å². The SMILES string of the molecule is Brc1ccc(-c2ccccc2)c(C=C(c2ccccc2)c2ccccc2)c1. The highest BCUT2D eigenvalue weighted by molar-refractivity contribution is 9.10. The zero-order valence-corrected chi connectivity index (χ0v) is 16.4.